The molecule has 1 N–H and O–H groups in total. The number of carbonyl (C=O) groups is 1. The molecule has 1 aromatic carbocycles. The summed E-state index contributed by atoms with van der Waals surface area (Å²) in [6, 6.07) is 11.9. The first-order valence-electron chi connectivity index (χ1n) is 12.0. The maximum Gasteiger partial charge on any atom is 0.255 e. The molecule has 0 radical (unpaired) electrons. The molecule has 0 unspecified atom stereocenters. The van der Waals surface area contributed by atoms with Crippen molar-refractivity contribution >= 4 is 28.6 Å². The highest BCUT2D eigenvalue weighted by Gasteiger charge is 2.22. The zero-order chi connectivity index (χ0) is 22.5. The van der Waals surface area contributed by atoms with E-state index in [0.717, 1.165) is 87.7 Å². The van der Waals surface area contributed by atoms with E-state index in [9.17, 15) is 4.79 Å². The number of para-hydroxylation sites is 1. The molecule has 8 heteroatoms. The van der Waals surface area contributed by atoms with Gasteiger partial charge in [0.1, 0.15) is 5.82 Å². The summed E-state index contributed by atoms with van der Waals surface area (Å²) in [4.78, 5) is 33.6. The lowest BCUT2D eigenvalue weighted by atomic mass is 10.1. The Balaban J connectivity index is 1.14. The number of aromatic nitrogens is 3. The standard InChI is InChI=1S/C25H31N7O/c33-24(21-19-20-7-1-2-8-22(20)29-23(21)31-13-3-4-14-31)26-11-6-12-30-15-17-32(18-16-30)25-27-9-5-10-28-25/h1-2,5,7-10,19H,3-4,6,11-18H2,(H,26,33). The van der Waals surface area contributed by atoms with Gasteiger partial charge in [0.15, 0.2) is 0 Å². The smallest absolute Gasteiger partial charge is 0.255 e. The first-order valence-corrected chi connectivity index (χ1v) is 12.0. The monoisotopic (exact) mass is 445 g/mol. The van der Waals surface area contributed by atoms with Crippen LogP contribution >= 0.6 is 0 Å². The van der Waals surface area contributed by atoms with Gasteiger partial charge in [-0.3, -0.25) is 9.69 Å². The van der Waals surface area contributed by atoms with Crippen molar-refractivity contribution in [2.75, 3.05) is 62.2 Å². The molecule has 0 bridgehead atoms. The number of piperazine rings is 1. The first-order chi connectivity index (χ1) is 16.3. The molecule has 8 nitrogen and oxygen atoms in total. The van der Waals surface area contributed by atoms with Gasteiger partial charge in [0.05, 0.1) is 11.1 Å². The molecular formula is C25H31N7O. The molecule has 0 saturated carbocycles. The molecule has 2 saturated heterocycles. The SMILES string of the molecule is O=C(NCCCN1CCN(c2ncccn2)CC1)c1cc2ccccc2nc1N1CCCC1. The molecular weight excluding hydrogens is 414 g/mol. The summed E-state index contributed by atoms with van der Waals surface area (Å²) in [6.07, 6.45) is 6.81. The molecule has 2 aromatic heterocycles. The third kappa shape index (κ3) is 5.06. The highest BCUT2D eigenvalue weighted by Crippen LogP contribution is 2.26. The number of carbonyl (C=O) groups excluding carboxylic acids is 1. The van der Waals surface area contributed by atoms with Crippen LogP contribution in [0.25, 0.3) is 10.9 Å². The van der Waals surface area contributed by atoms with Gasteiger partial charge in [-0.1, -0.05) is 18.2 Å². The van der Waals surface area contributed by atoms with E-state index in [1.807, 2.05) is 36.4 Å². The molecule has 0 spiro atoms. The lowest BCUT2D eigenvalue weighted by molar-refractivity contribution is 0.0952. The second-order valence-corrected chi connectivity index (χ2v) is 8.73. The Morgan fingerprint density at radius 2 is 1.67 bits per heavy atom. The van der Waals surface area contributed by atoms with Gasteiger partial charge >= 0.3 is 0 Å². The molecule has 2 aliphatic heterocycles. The van der Waals surface area contributed by atoms with Crippen molar-refractivity contribution in [3.63, 3.8) is 0 Å². The average molecular weight is 446 g/mol. The summed E-state index contributed by atoms with van der Waals surface area (Å²) in [7, 11) is 0. The third-order valence-electron chi connectivity index (χ3n) is 6.50. The molecule has 2 fully saturated rings. The molecule has 2 aliphatic rings. The highest BCUT2D eigenvalue weighted by molar-refractivity contribution is 6.02. The highest BCUT2D eigenvalue weighted by atomic mass is 16.1. The van der Waals surface area contributed by atoms with Crippen molar-refractivity contribution in [2.24, 2.45) is 0 Å². The van der Waals surface area contributed by atoms with Crippen LogP contribution in [0.2, 0.25) is 0 Å². The molecule has 4 heterocycles. The van der Waals surface area contributed by atoms with Crippen molar-refractivity contribution in [1.82, 2.24) is 25.2 Å². The minimum Gasteiger partial charge on any atom is -0.356 e. The lowest BCUT2D eigenvalue weighted by Gasteiger charge is -2.34. The Kier molecular flexibility index (Phi) is 6.62. The molecule has 3 aromatic rings. The largest absolute Gasteiger partial charge is 0.356 e. The van der Waals surface area contributed by atoms with Crippen molar-refractivity contribution in [3.05, 3.63) is 54.4 Å². The molecule has 5 rings (SSSR count). The van der Waals surface area contributed by atoms with Gasteiger partial charge in [-0.05, 0) is 44.0 Å². The Labute approximate surface area is 194 Å². The molecule has 172 valence electrons. The Hall–Kier alpha value is -3.26. The zero-order valence-electron chi connectivity index (χ0n) is 19.0. The van der Waals surface area contributed by atoms with E-state index in [-0.39, 0.29) is 5.91 Å². The van der Waals surface area contributed by atoms with Crippen LogP contribution in [-0.2, 0) is 0 Å². The predicted octanol–water partition coefficient (Wildman–Crippen LogP) is 2.57. The summed E-state index contributed by atoms with van der Waals surface area (Å²) < 4.78 is 0. The number of benzene rings is 1. The Bertz CT molecular complexity index is 1080. The molecule has 33 heavy (non-hydrogen) atoms. The number of amides is 1. The first kappa shape index (κ1) is 21.6. The lowest BCUT2D eigenvalue weighted by Crippen LogP contribution is -2.47. The van der Waals surface area contributed by atoms with E-state index >= 15 is 0 Å². The summed E-state index contributed by atoms with van der Waals surface area (Å²) in [5.41, 5.74) is 1.63. The number of nitrogens with one attached hydrogen (secondary N) is 1. The van der Waals surface area contributed by atoms with Gasteiger partial charge in [0.25, 0.3) is 5.91 Å². The fourth-order valence-electron chi connectivity index (χ4n) is 4.67. The number of anilines is 2. The quantitative estimate of drug-likeness (QED) is 0.560. The molecule has 1 amide bonds. The summed E-state index contributed by atoms with van der Waals surface area (Å²) in [6.45, 7) is 7.39. The fraction of sp³-hybridized carbons (Fsp3) is 0.440. The Morgan fingerprint density at radius 3 is 2.45 bits per heavy atom. The van der Waals surface area contributed by atoms with Crippen LogP contribution in [-0.4, -0.2) is 78.1 Å². The maximum atomic E-state index is 13.1. The van der Waals surface area contributed by atoms with E-state index in [4.69, 9.17) is 4.98 Å². The molecule has 0 aliphatic carbocycles. The normalized spacial score (nSPS) is 17.0. The average Bonchev–Trinajstić information content (AvgIpc) is 3.42. The van der Waals surface area contributed by atoms with Crippen molar-refractivity contribution < 1.29 is 4.79 Å². The maximum absolute atomic E-state index is 13.1. The van der Waals surface area contributed by atoms with Crippen LogP contribution in [0.3, 0.4) is 0 Å². The van der Waals surface area contributed by atoms with E-state index in [1.165, 1.54) is 0 Å². The van der Waals surface area contributed by atoms with E-state index in [2.05, 4.69) is 30.0 Å². The summed E-state index contributed by atoms with van der Waals surface area (Å²) in [5.74, 6) is 1.60. The van der Waals surface area contributed by atoms with Crippen LogP contribution in [0, 0.1) is 0 Å². The van der Waals surface area contributed by atoms with Gasteiger partial charge in [-0.15, -0.1) is 0 Å². The van der Waals surface area contributed by atoms with Gasteiger partial charge < -0.3 is 15.1 Å². The summed E-state index contributed by atoms with van der Waals surface area (Å²) >= 11 is 0. The third-order valence-corrected chi connectivity index (χ3v) is 6.50. The van der Waals surface area contributed by atoms with Crippen molar-refractivity contribution in [1.29, 1.82) is 0 Å². The second kappa shape index (κ2) is 10.1. The topological polar surface area (TPSA) is 77.5 Å². The number of fused-ring (bicyclic) bond motifs is 1. The fourth-order valence-corrected chi connectivity index (χ4v) is 4.67. The van der Waals surface area contributed by atoms with Crippen LogP contribution in [0.5, 0.6) is 0 Å². The zero-order valence-corrected chi connectivity index (χ0v) is 19.0. The van der Waals surface area contributed by atoms with Crippen molar-refractivity contribution in [2.45, 2.75) is 19.3 Å². The van der Waals surface area contributed by atoms with E-state index in [0.29, 0.717) is 12.1 Å². The number of hydrogen-bond donors (Lipinski definition) is 1. The minimum atomic E-state index is -0.0267. The number of rotatable bonds is 7. The van der Waals surface area contributed by atoms with Crippen LogP contribution in [0.4, 0.5) is 11.8 Å². The van der Waals surface area contributed by atoms with Gasteiger partial charge in [0.2, 0.25) is 5.95 Å². The van der Waals surface area contributed by atoms with Gasteiger partial charge in [-0.25, -0.2) is 15.0 Å². The van der Waals surface area contributed by atoms with Crippen molar-refractivity contribution in [3.8, 4) is 0 Å². The van der Waals surface area contributed by atoms with Crippen LogP contribution in [0.15, 0.2) is 48.8 Å². The van der Waals surface area contributed by atoms with Gasteiger partial charge in [-0.2, -0.15) is 0 Å². The van der Waals surface area contributed by atoms with E-state index in [1.54, 1.807) is 12.4 Å². The van der Waals surface area contributed by atoms with Crippen LogP contribution in [0.1, 0.15) is 29.6 Å². The summed E-state index contributed by atoms with van der Waals surface area (Å²) in [5, 5.41) is 4.14. The molecule has 0 atom stereocenters. The van der Waals surface area contributed by atoms with Crippen LogP contribution < -0.4 is 15.1 Å². The second-order valence-electron chi connectivity index (χ2n) is 8.73. The number of pyridine rings is 1. The minimum absolute atomic E-state index is 0.0267. The van der Waals surface area contributed by atoms with E-state index < -0.39 is 0 Å². The number of hydrogen-bond acceptors (Lipinski definition) is 7. The van der Waals surface area contributed by atoms with Gasteiger partial charge in [0, 0.05) is 63.6 Å². The predicted molar refractivity (Wildman–Crippen MR) is 131 cm³/mol. The number of nitrogens with zero attached hydrogens (tertiary/aromatic N) is 6. The Morgan fingerprint density at radius 1 is 0.909 bits per heavy atom.